The van der Waals surface area contributed by atoms with Crippen LogP contribution < -0.4 is 5.32 Å². The second-order valence-corrected chi connectivity index (χ2v) is 4.64. The number of nitrogens with zero attached hydrogens (tertiary/aromatic N) is 4. The maximum Gasteiger partial charge on any atom is 0.131 e. The zero-order chi connectivity index (χ0) is 13.9. The monoisotopic (exact) mass is 267 g/mol. The molecule has 0 aliphatic carbocycles. The molecule has 2 heterocycles. The molecule has 1 N–H and O–H groups in total. The van der Waals surface area contributed by atoms with Gasteiger partial charge in [0.15, 0.2) is 0 Å². The number of benzene rings is 1. The molecule has 1 aromatic carbocycles. The third kappa shape index (κ3) is 2.23. The van der Waals surface area contributed by atoms with E-state index in [4.69, 9.17) is 0 Å². The Bertz CT molecular complexity index is 683. The molecule has 5 nitrogen and oxygen atoms in total. The van der Waals surface area contributed by atoms with Gasteiger partial charge in [0.1, 0.15) is 11.9 Å². The average molecular weight is 267 g/mol. The van der Waals surface area contributed by atoms with Gasteiger partial charge in [0.05, 0.1) is 11.4 Å². The van der Waals surface area contributed by atoms with Crippen molar-refractivity contribution in [3.8, 4) is 5.69 Å². The molecule has 0 aliphatic heterocycles. The minimum atomic E-state index is -0.0139. The molecule has 0 saturated heterocycles. The lowest BCUT2D eigenvalue weighted by molar-refractivity contribution is 0.596. The van der Waals surface area contributed by atoms with Crippen LogP contribution >= 0.6 is 0 Å². The van der Waals surface area contributed by atoms with Gasteiger partial charge in [-0.1, -0.05) is 18.2 Å². The second kappa shape index (κ2) is 5.30. The molecule has 5 heteroatoms. The number of hydrogen-bond acceptors (Lipinski definition) is 3. The average Bonchev–Trinajstić information content (AvgIpc) is 3.12. The number of hydrogen-bond donors (Lipinski definition) is 1. The van der Waals surface area contributed by atoms with Crippen LogP contribution in [0.1, 0.15) is 17.6 Å². The molecule has 20 heavy (non-hydrogen) atoms. The maximum atomic E-state index is 4.65. The van der Waals surface area contributed by atoms with Crippen molar-refractivity contribution in [3.05, 3.63) is 66.5 Å². The van der Waals surface area contributed by atoms with Gasteiger partial charge in [0, 0.05) is 25.6 Å². The Balaban J connectivity index is 1.95. The van der Waals surface area contributed by atoms with Gasteiger partial charge in [-0.25, -0.2) is 9.67 Å². The highest BCUT2D eigenvalue weighted by Gasteiger charge is 2.18. The Labute approximate surface area is 117 Å². The third-order valence-corrected chi connectivity index (χ3v) is 3.33. The van der Waals surface area contributed by atoms with E-state index in [0.29, 0.717) is 0 Å². The summed E-state index contributed by atoms with van der Waals surface area (Å²) in [5.41, 5.74) is 2.00. The standard InChI is InChI=1S/C15H17N5/c1-16-14(15-17-9-11-19(15)2)13-8-10-20(18-13)12-6-4-3-5-7-12/h3-11,14,16H,1-2H3. The Morgan fingerprint density at radius 1 is 1.10 bits per heavy atom. The Morgan fingerprint density at radius 2 is 1.90 bits per heavy atom. The van der Waals surface area contributed by atoms with E-state index in [1.165, 1.54) is 0 Å². The topological polar surface area (TPSA) is 47.7 Å². The molecule has 3 rings (SSSR count). The van der Waals surface area contributed by atoms with Crippen LogP contribution in [0.2, 0.25) is 0 Å². The molecule has 2 aromatic heterocycles. The van der Waals surface area contributed by atoms with Crippen LogP contribution in [0, 0.1) is 0 Å². The molecule has 0 saturated carbocycles. The number of imidazole rings is 1. The Morgan fingerprint density at radius 3 is 2.55 bits per heavy atom. The molecule has 0 bridgehead atoms. The largest absolute Gasteiger partial charge is 0.336 e. The minimum absolute atomic E-state index is 0.0139. The van der Waals surface area contributed by atoms with Gasteiger partial charge >= 0.3 is 0 Å². The lowest BCUT2D eigenvalue weighted by atomic mass is 10.2. The first kappa shape index (κ1) is 12.6. The minimum Gasteiger partial charge on any atom is -0.336 e. The number of aryl methyl sites for hydroxylation is 1. The van der Waals surface area contributed by atoms with E-state index in [-0.39, 0.29) is 6.04 Å². The molecule has 1 unspecified atom stereocenters. The lowest BCUT2D eigenvalue weighted by Gasteiger charge is -2.13. The summed E-state index contributed by atoms with van der Waals surface area (Å²) in [5, 5.41) is 7.92. The van der Waals surface area contributed by atoms with Gasteiger partial charge in [0.25, 0.3) is 0 Å². The number of nitrogens with one attached hydrogen (secondary N) is 1. The van der Waals surface area contributed by atoms with Crippen molar-refractivity contribution in [3.63, 3.8) is 0 Å². The highest BCUT2D eigenvalue weighted by atomic mass is 15.3. The molecular formula is C15H17N5. The second-order valence-electron chi connectivity index (χ2n) is 4.64. The first-order valence-electron chi connectivity index (χ1n) is 6.55. The molecule has 0 spiro atoms. The molecule has 3 aromatic rings. The van der Waals surface area contributed by atoms with Crippen molar-refractivity contribution in [2.75, 3.05) is 7.05 Å². The summed E-state index contributed by atoms with van der Waals surface area (Å²) in [5.74, 6) is 0.950. The van der Waals surface area contributed by atoms with E-state index in [0.717, 1.165) is 17.2 Å². The van der Waals surface area contributed by atoms with Crippen molar-refractivity contribution in [1.82, 2.24) is 24.6 Å². The van der Waals surface area contributed by atoms with E-state index in [1.54, 1.807) is 6.20 Å². The van der Waals surface area contributed by atoms with Crippen LogP contribution in [-0.4, -0.2) is 26.4 Å². The van der Waals surface area contributed by atoms with E-state index < -0.39 is 0 Å². The fourth-order valence-corrected chi connectivity index (χ4v) is 2.28. The summed E-state index contributed by atoms with van der Waals surface area (Å²) >= 11 is 0. The van der Waals surface area contributed by atoms with Gasteiger partial charge in [-0.3, -0.25) is 0 Å². The zero-order valence-electron chi connectivity index (χ0n) is 11.6. The summed E-state index contributed by atoms with van der Waals surface area (Å²) in [4.78, 5) is 4.40. The van der Waals surface area contributed by atoms with Crippen LogP contribution in [-0.2, 0) is 7.05 Å². The number of rotatable bonds is 4. The summed E-state index contributed by atoms with van der Waals surface area (Å²) in [6.45, 7) is 0. The smallest absolute Gasteiger partial charge is 0.131 e. The van der Waals surface area contributed by atoms with E-state index in [1.807, 2.05) is 72.1 Å². The molecule has 1 atom stereocenters. The molecule has 0 aliphatic rings. The molecule has 102 valence electrons. The van der Waals surface area contributed by atoms with E-state index >= 15 is 0 Å². The molecule has 0 amide bonds. The highest BCUT2D eigenvalue weighted by Crippen LogP contribution is 2.19. The van der Waals surface area contributed by atoms with E-state index in [2.05, 4.69) is 15.4 Å². The fourth-order valence-electron chi connectivity index (χ4n) is 2.28. The highest BCUT2D eigenvalue weighted by molar-refractivity contribution is 5.31. The van der Waals surface area contributed by atoms with Gasteiger partial charge in [-0.2, -0.15) is 5.10 Å². The van der Waals surface area contributed by atoms with Gasteiger partial charge in [0.2, 0.25) is 0 Å². The lowest BCUT2D eigenvalue weighted by Crippen LogP contribution is -2.21. The normalized spacial score (nSPS) is 12.5. The van der Waals surface area contributed by atoms with Crippen LogP contribution in [0.3, 0.4) is 0 Å². The zero-order valence-corrected chi connectivity index (χ0v) is 11.6. The van der Waals surface area contributed by atoms with Crippen molar-refractivity contribution < 1.29 is 0 Å². The first-order chi connectivity index (χ1) is 9.79. The van der Waals surface area contributed by atoms with Crippen molar-refractivity contribution in [1.29, 1.82) is 0 Å². The van der Waals surface area contributed by atoms with Gasteiger partial charge in [-0.15, -0.1) is 0 Å². The Hall–Kier alpha value is -2.40. The van der Waals surface area contributed by atoms with Crippen LogP contribution in [0.25, 0.3) is 5.69 Å². The fraction of sp³-hybridized carbons (Fsp3) is 0.200. The SMILES string of the molecule is CNC(c1ccn(-c2ccccc2)n1)c1nccn1C. The van der Waals surface area contributed by atoms with Crippen molar-refractivity contribution >= 4 is 0 Å². The quantitative estimate of drug-likeness (QED) is 0.785. The van der Waals surface area contributed by atoms with Crippen LogP contribution in [0.15, 0.2) is 55.0 Å². The molecule has 0 fully saturated rings. The first-order valence-corrected chi connectivity index (χ1v) is 6.55. The number of para-hydroxylation sites is 1. The van der Waals surface area contributed by atoms with Crippen LogP contribution in [0.4, 0.5) is 0 Å². The van der Waals surface area contributed by atoms with Gasteiger partial charge < -0.3 is 9.88 Å². The summed E-state index contributed by atoms with van der Waals surface area (Å²) < 4.78 is 3.88. The van der Waals surface area contributed by atoms with Crippen LogP contribution in [0.5, 0.6) is 0 Å². The maximum absolute atomic E-state index is 4.65. The Kier molecular flexibility index (Phi) is 3.35. The molecular weight excluding hydrogens is 250 g/mol. The number of aromatic nitrogens is 4. The summed E-state index contributed by atoms with van der Waals surface area (Å²) in [6.07, 6.45) is 5.71. The summed E-state index contributed by atoms with van der Waals surface area (Å²) in [6, 6.07) is 12.1. The van der Waals surface area contributed by atoms with Crippen molar-refractivity contribution in [2.45, 2.75) is 6.04 Å². The van der Waals surface area contributed by atoms with E-state index in [9.17, 15) is 0 Å². The predicted octanol–water partition coefficient (Wildman–Crippen LogP) is 1.91. The summed E-state index contributed by atoms with van der Waals surface area (Å²) in [7, 11) is 3.90. The third-order valence-electron chi connectivity index (χ3n) is 3.33. The molecule has 0 radical (unpaired) electrons. The van der Waals surface area contributed by atoms with Crippen molar-refractivity contribution in [2.24, 2.45) is 7.05 Å². The predicted molar refractivity (Wildman–Crippen MR) is 77.7 cm³/mol. The van der Waals surface area contributed by atoms with Gasteiger partial charge in [-0.05, 0) is 25.2 Å².